The molecule has 1 aromatic carbocycles. The molecule has 3 rings (SSSR count). The first-order chi connectivity index (χ1) is 10.1. The number of carbonyl (C=O) groups is 1. The van der Waals surface area contributed by atoms with E-state index < -0.39 is 5.97 Å². The van der Waals surface area contributed by atoms with Crippen molar-refractivity contribution < 1.29 is 9.90 Å². The van der Waals surface area contributed by atoms with Gasteiger partial charge in [-0.3, -0.25) is 0 Å². The molecule has 0 aliphatic carbocycles. The summed E-state index contributed by atoms with van der Waals surface area (Å²) in [7, 11) is 0. The largest absolute Gasteiger partial charge is 0.478 e. The van der Waals surface area contributed by atoms with Crippen molar-refractivity contribution in [1.29, 1.82) is 0 Å². The Kier molecular flexibility index (Phi) is 3.27. The molecule has 6 heteroatoms. The number of hydrogen-bond acceptors (Lipinski definition) is 3. The number of carboxylic acid groups (broad SMARTS) is 1. The molecule has 0 aliphatic rings. The Bertz CT molecular complexity index is 788. The molecule has 21 heavy (non-hydrogen) atoms. The standard InChI is InChI=1S/C15H14N4O2/c1-11-16-6-7-18(11)9-12-8-17-19(10-12)14-5-3-2-4-13(14)15(20)21/h2-8,10H,9H2,1H3,(H,20,21). The molecule has 2 heterocycles. The Balaban J connectivity index is 1.92. The second-order valence-electron chi connectivity index (χ2n) is 4.72. The zero-order valence-electron chi connectivity index (χ0n) is 11.5. The van der Waals surface area contributed by atoms with Crippen LogP contribution in [0.4, 0.5) is 0 Å². The van der Waals surface area contributed by atoms with E-state index in [-0.39, 0.29) is 5.56 Å². The highest BCUT2D eigenvalue weighted by atomic mass is 16.4. The first kappa shape index (κ1) is 13.1. The Morgan fingerprint density at radius 3 is 2.86 bits per heavy atom. The van der Waals surface area contributed by atoms with Crippen molar-refractivity contribution in [2.45, 2.75) is 13.5 Å². The summed E-state index contributed by atoms with van der Waals surface area (Å²) < 4.78 is 3.59. The number of nitrogens with zero attached hydrogens (tertiary/aromatic N) is 4. The SMILES string of the molecule is Cc1nccn1Cc1cnn(-c2ccccc2C(=O)O)c1. The number of imidazole rings is 1. The van der Waals surface area contributed by atoms with Crippen molar-refractivity contribution in [2.75, 3.05) is 0 Å². The lowest BCUT2D eigenvalue weighted by Gasteiger charge is -2.05. The number of benzene rings is 1. The van der Waals surface area contributed by atoms with Crippen LogP contribution in [-0.4, -0.2) is 30.4 Å². The van der Waals surface area contributed by atoms with Gasteiger partial charge >= 0.3 is 5.97 Å². The van der Waals surface area contributed by atoms with Gasteiger partial charge in [-0.15, -0.1) is 0 Å². The zero-order valence-corrected chi connectivity index (χ0v) is 11.5. The van der Waals surface area contributed by atoms with Crippen LogP contribution in [0.15, 0.2) is 49.1 Å². The molecule has 0 fully saturated rings. The summed E-state index contributed by atoms with van der Waals surface area (Å²) in [5.41, 5.74) is 1.76. The van der Waals surface area contributed by atoms with Gasteiger partial charge < -0.3 is 9.67 Å². The molecule has 0 spiro atoms. The maximum atomic E-state index is 11.2. The van der Waals surface area contributed by atoms with Crippen LogP contribution in [-0.2, 0) is 6.54 Å². The van der Waals surface area contributed by atoms with Crippen LogP contribution in [0.3, 0.4) is 0 Å². The maximum absolute atomic E-state index is 11.2. The van der Waals surface area contributed by atoms with E-state index in [0.29, 0.717) is 12.2 Å². The Labute approximate surface area is 121 Å². The molecule has 6 nitrogen and oxygen atoms in total. The van der Waals surface area contributed by atoms with Crippen molar-refractivity contribution in [3.8, 4) is 5.69 Å². The monoisotopic (exact) mass is 282 g/mol. The fourth-order valence-electron chi connectivity index (χ4n) is 2.20. The van der Waals surface area contributed by atoms with Crippen LogP contribution in [0.25, 0.3) is 5.69 Å². The molecule has 0 aliphatic heterocycles. The molecule has 0 saturated carbocycles. The third-order valence-corrected chi connectivity index (χ3v) is 3.29. The van der Waals surface area contributed by atoms with E-state index in [1.807, 2.05) is 23.9 Å². The maximum Gasteiger partial charge on any atom is 0.337 e. The fraction of sp³-hybridized carbons (Fsp3) is 0.133. The summed E-state index contributed by atoms with van der Waals surface area (Å²) in [6.07, 6.45) is 7.22. The number of aromatic nitrogens is 4. The van der Waals surface area contributed by atoms with Gasteiger partial charge in [-0.05, 0) is 19.1 Å². The van der Waals surface area contributed by atoms with Gasteiger partial charge in [0.1, 0.15) is 5.82 Å². The minimum Gasteiger partial charge on any atom is -0.478 e. The molecule has 3 aromatic rings. The highest BCUT2D eigenvalue weighted by molar-refractivity contribution is 5.91. The van der Waals surface area contributed by atoms with Crippen molar-refractivity contribution in [3.63, 3.8) is 0 Å². The quantitative estimate of drug-likeness (QED) is 0.795. The third-order valence-electron chi connectivity index (χ3n) is 3.29. The second-order valence-corrected chi connectivity index (χ2v) is 4.72. The first-order valence-electron chi connectivity index (χ1n) is 6.49. The van der Waals surface area contributed by atoms with E-state index in [0.717, 1.165) is 11.4 Å². The first-order valence-corrected chi connectivity index (χ1v) is 6.49. The molecule has 0 unspecified atom stereocenters. The number of para-hydroxylation sites is 1. The fourth-order valence-corrected chi connectivity index (χ4v) is 2.20. The van der Waals surface area contributed by atoms with E-state index in [4.69, 9.17) is 0 Å². The zero-order chi connectivity index (χ0) is 14.8. The van der Waals surface area contributed by atoms with E-state index in [9.17, 15) is 9.90 Å². The van der Waals surface area contributed by atoms with Gasteiger partial charge in [0.25, 0.3) is 0 Å². The van der Waals surface area contributed by atoms with Crippen LogP contribution in [0.1, 0.15) is 21.7 Å². The molecule has 106 valence electrons. The molecular weight excluding hydrogens is 268 g/mol. The summed E-state index contributed by atoms with van der Waals surface area (Å²) in [6, 6.07) is 6.80. The van der Waals surface area contributed by atoms with E-state index in [1.54, 1.807) is 41.3 Å². The summed E-state index contributed by atoms with van der Waals surface area (Å²) in [5, 5.41) is 13.5. The molecule has 0 amide bonds. The van der Waals surface area contributed by atoms with Gasteiger partial charge in [0.15, 0.2) is 0 Å². The topological polar surface area (TPSA) is 72.9 Å². The van der Waals surface area contributed by atoms with Gasteiger partial charge in [-0.2, -0.15) is 5.10 Å². The van der Waals surface area contributed by atoms with Crippen LogP contribution < -0.4 is 0 Å². The number of aromatic carboxylic acids is 1. The molecule has 0 atom stereocenters. The molecular formula is C15H14N4O2. The predicted octanol–water partition coefficient (Wildman–Crippen LogP) is 2.12. The van der Waals surface area contributed by atoms with Gasteiger partial charge in [-0.25, -0.2) is 14.5 Å². The lowest BCUT2D eigenvalue weighted by atomic mass is 10.2. The highest BCUT2D eigenvalue weighted by Crippen LogP contribution is 2.15. The van der Waals surface area contributed by atoms with Crippen molar-refractivity contribution in [2.24, 2.45) is 0 Å². The van der Waals surface area contributed by atoms with Crippen LogP contribution in [0.2, 0.25) is 0 Å². The van der Waals surface area contributed by atoms with E-state index in [1.165, 1.54) is 0 Å². The normalized spacial score (nSPS) is 10.7. The van der Waals surface area contributed by atoms with Gasteiger partial charge in [0.2, 0.25) is 0 Å². The summed E-state index contributed by atoms with van der Waals surface area (Å²) in [6.45, 7) is 2.59. The van der Waals surface area contributed by atoms with Crippen LogP contribution in [0, 0.1) is 6.92 Å². The van der Waals surface area contributed by atoms with Crippen molar-refractivity contribution in [3.05, 3.63) is 66.0 Å². The van der Waals surface area contributed by atoms with E-state index in [2.05, 4.69) is 10.1 Å². The van der Waals surface area contributed by atoms with Crippen LogP contribution in [0.5, 0.6) is 0 Å². The number of aryl methyl sites for hydroxylation is 1. The summed E-state index contributed by atoms with van der Waals surface area (Å²) in [4.78, 5) is 15.4. The summed E-state index contributed by atoms with van der Waals surface area (Å²) >= 11 is 0. The van der Waals surface area contributed by atoms with Crippen molar-refractivity contribution in [1.82, 2.24) is 19.3 Å². The van der Waals surface area contributed by atoms with Crippen molar-refractivity contribution >= 4 is 5.97 Å². The van der Waals surface area contributed by atoms with Gasteiger partial charge in [-0.1, -0.05) is 12.1 Å². The number of hydrogen-bond donors (Lipinski definition) is 1. The minimum absolute atomic E-state index is 0.228. The lowest BCUT2D eigenvalue weighted by Crippen LogP contribution is -2.05. The molecule has 0 radical (unpaired) electrons. The molecule has 1 N–H and O–H groups in total. The average molecular weight is 282 g/mol. The van der Waals surface area contributed by atoms with E-state index >= 15 is 0 Å². The van der Waals surface area contributed by atoms with Gasteiger partial charge in [0, 0.05) is 24.2 Å². The molecule has 0 bridgehead atoms. The van der Waals surface area contributed by atoms with Gasteiger partial charge in [0.05, 0.1) is 24.0 Å². The molecule has 2 aromatic heterocycles. The Hall–Kier alpha value is -2.89. The third kappa shape index (κ3) is 2.55. The Morgan fingerprint density at radius 2 is 2.14 bits per heavy atom. The number of rotatable bonds is 4. The lowest BCUT2D eigenvalue weighted by molar-refractivity contribution is 0.0696. The number of carboxylic acids is 1. The smallest absolute Gasteiger partial charge is 0.337 e. The second kappa shape index (κ2) is 5.24. The van der Waals surface area contributed by atoms with Crippen LogP contribution >= 0.6 is 0 Å². The predicted molar refractivity (Wildman–Crippen MR) is 76.6 cm³/mol. The molecule has 0 saturated heterocycles. The summed E-state index contributed by atoms with van der Waals surface area (Å²) in [5.74, 6) is -0.0400. The highest BCUT2D eigenvalue weighted by Gasteiger charge is 2.12. The Morgan fingerprint density at radius 1 is 1.33 bits per heavy atom. The minimum atomic E-state index is -0.965. The average Bonchev–Trinajstić information content (AvgIpc) is 3.09.